The van der Waals surface area contributed by atoms with Crippen LogP contribution in [0.1, 0.15) is 35.7 Å². The first-order valence-corrected chi connectivity index (χ1v) is 8.75. The lowest BCUT2D eigenvalue weighted by molar-refractivity contribution is 0.0984. The molecule has 2 heterocycles. The quantitative estimate of drug-likeness (QED) is 0.622. The van der Waals surface area contributed by atoms with Gasteiger partial charge in [-0.1, -0.05) is 28.9 Å². The van der Waals surface area contributed by atoms with Crippen LogP contribution in [0.4, 0.5) is 8.78 Å². The number of aromatic nitrogens is 2. The molecule has 1 aliphatic heterocycles. The highest BCUT2D eigenvalue weighted by Gasteiger charge is 2.35. The van der Waals surface area contributed by atoms with Crippen LogP contribution in [0.25, 0.3) is 0 Å². The molecule has 3 aromatic rings. The van der Waals surface area contributed by atoms with Gasteiger partial charge in [-0.3, -0.25) is 0 Å². The topological polar surface area (TPSA) is 57.4 Å². The third kappa shape index (κ3) is 3.94. The van der Waals surface area contributed by atoms with E-state index in [9.17, 15) is 8.78 Å². The zero-order valence-electron chi connectivity index (χ0n) is 14.1. The van der Waals surface area contributed by atoms with Crippen molar-refractivity contribution in [3.8, 4) is 5.75 Å². The maximum atomic E-state index is 13.8. The van der Waals surface area contributed by atoms with Crippen molar-refractivity contribution in [3.05, 3.63) is 76.4 Å². The van der Waals surface area contributed by atoms with Crippen LogP contribution >= 0.6 is 11.6 Å². The van der Waals surface area contributed by atoms with E-state index < -0.39 is 11.9 Å². The summed E-state index contributed by atoms with van der Waals surface area (Å²) in [5, 5.41) is 3.96. The molecule has 0 amide bonds. The fourth-order valence-corrected chi connectivity index (χ4v) is 3.16. The molecule has 1 aromatic heterocycles. The van der Waals surface area contributed by atoms with Crippen LogP contribution < -0.4 is 4.74 Å². The van der Waals surface area contributed by atoms with Gasteiger partial charge in [0.15, 0.2) is 6.61 Å². The van der Waals surface area contributed by atoms with E-state index in [1.807, 2.05) is 0 Å². The van der Waals surface area contributed by atoms with Crippen molar-refractivity contribution >= 4 is 11.6 Å². The Labute approximate surface area is 158 Å². The Hall–Kier alpha value is -2.51. The zero-order chi connectivity index (χ0) is 18.8. The van der Waals surface area contributed by atoms with Gasteiger partial charge in [-0.2, -0.15) is 4.98 Å². The van der Waals surface area contributed by atoms with Gasteiger partial charge in [-0.05, 0) is 36.2 Å². The first-order valence-electron chi connectivity index (χ1n) is 8.37. The smallest absolute Gasteiger partial charge is 0.232 e. The van der Waals surface area contributed by atoms with E-state index in [-0.39, 0.29) is 23.4 Å². The standard InChI is InChI=1S/C19H15ClF2N2O3/c20-15-5-4-11(8-16(15)22)18-14(6-7-25-18)19-23-17(24-27-19)10-26-13-3-1-2-12(21)9-13/h1-5,8-9,14,18H,6-7,10H2/t14-,18-/m1/s1. The molecule has 5 nitrogen and oxygen atoms in total. The minimum Gasteiger partial charge on any atom is -0.485 e. The van der Waals surface area contributed by atoms with Crippen LogP contribution in [0, 0.1) is 11.6 Å². The van der Waals surface area contributed by atoms with E-state index in [4.69, 9.17) is 25.6 Å². The summed E-state index contributed by atoms with van der Waals surface area (Å²) in [6, 6.07) is 10.4. The van der Waals surface area contributed by atoms with Crippen molar-refractivity contribution in [3.63, 3.8) is 0 Å². The Kier molecular flexibility index (Phi) is 5.05. The number of rotatable bonds is 5. The second-order valence-corrected chi connectivity index (χ2v) is 6.56. The van der Waals surface area contributed by atoms with Crippen molar-refractivity contribution in [2.24, 2.45) is 0 Å². The van der Waals surface area contributed by atoms with E-state index in [1.54, 1.807) is 18.2 Å². The van der Waals surface area contributed by atoms with E-state index in [1.165, 1.54) is 24.3 Å². The summed E-state index contributed by atoms with van der Waals surface area (Å²) in [6.07, 6.45) is 0.274. The van der Waals surface area contributed by atoms with Gasteiger partial charge in [0.2, 0.25) is 11.7 Å². The van der Waals surface area contributed by atoms with Gasteiger partial charge >= 0.3 is 0 Å². The minimum atomic E-state index is -0.502. The van der Waals surface area contributed by atoms with Gasteiger partial charge in [-0.25, -0.2) is 8.78 Å². The molecular formula is C19H15ClF2N2O3. The Morgan fingerprint density at radius 3 is 2.89 bits per heavy atom. The van der Waals surface area contributed by atoms with Gasteiger partial charge in [0.25, 0.3) is 0 Å². The SMILES string of the molecule is Fc1cccc(OCc2noc([C@@H]3CCO[C@@H]3c3ccc(Cl)c(F)c3)n2)c1. The average Bonchev–Trinajstić information content (AvgIpc) is 3.31. The normalized spacial score (nSPS) is 19.4. The van der Waals surface area contributed by atoms with Gasteiger partial charge in [0.05, 0.1) is 17.0 Å². The summed E-state index contributed by atoms with van der Waals surface area (Å²) in [5.74, 6) is 0.0227. The molecule has 2 atom stereocenters. The van der Waals surface area contributed by atoms with Gasteiger partial charge in [0, 0.05) is 12.7 Å². The number of nitrogens with zero attached hydrogens (tertiary/aromatic N) is 2. The first kappa shape index (κ1) is 17.9. The molecule has 0 unspecified atom stereocenters. The highest BCUT2D eigenvalue weighted by molar-refractivity contribution is 6.30. The predicted molar refractivity (Wildman–Crippen MR) is 92.5 cm³/mol. The maximum absolute atomic E-state index is 13.8. The predicted octanol–water partition coefficient (Wildman–Crippen LogP) is 4.83. The van der Waals surface area contributed by atoms with E-state index in [0.717, 1.165) is 0 Å². The van der Waals surface area contributed by atoms with E-state index >= 15 is 0 Å². The average molecular weight is 393 g/mol. The number of benzene rings is 2. The van der Waals surface area contributed by atoms with Crippen LogP contribution in [-0.4, -0.2) is 16.7 Å². The monoisotopic (exact) mass is 392 g/mol. The van der Waals surface area contributed by atoms with Crippen molar-refractivity contribution in [2.75, 3.05) is 6.61 Å². The molecule has 1 saturated heterocycles. The van der Waals surface area contributed by atoms with Crippen LogP contribution in [0.3, 0.4) is 0 Å². The maximum Gasteiger partial charge on any atom is 0.232 e. The molecule has 0 N–H and O–H groups in total. The van der Waals surface area contributed by atoms with E-state index in [2.05, 4.69) is 10.1 Å². The number of hydrogen-bond donors (Lipinski definition) is 0. The fourth-order valence-electron chi connectivity index (χ4n) is 3.04. The lowest BCUT2D eigenvalue weighted by atomic mass is 9.95. The molecule has 4 rings (SSSR count). The fraction of sp³-hybridized carbons (Fsp3) is 0.263. The third-order valence-corrected chi connectivity index (χ3v) is 4.64. The van der Waals surface area contributed by atoms with Gasteiger partial charge in [0.1, 0.15) is 17.4 Å². The third-order valence-electron chi connectivity index (χ3n) is 4.33. The summed E-state index contributed by atoms with van der Waals surface area (Å²) < 4.78 is 43.5. The first-order chi connectivity index (χ1) is 13.1. The lowest BCUT2D eigenvalue weighted by Gasteiger charge is -2.16. The van der Waals surface area contributed by atoms with Crippen molar-refractivity contribution in [1.82, 2.24) is 10.1 Å². The van der Waals surface area contributed by atoms with Gasteiger partial charge < -0.3 is 14.0 Å². The summed E-state index contributed by atoms with van der Waals surface area (Å²) in [6.45, 7) is 0.540. The summed E-state index contributed by atoms with van der Waals surface area (Å²) in [7, 11) is 0. The van der Waals surface area contributed by atoms with Crippen LogP contribution in [0.2, 0.25) is 5.02 Å². The molecule has 0 aliphatic carbocycles. The van der Waals surface area contributed by atoms with Crippen molar-refractivity contribution in [2.45, 2.75) is 25.0 Å². The highest BCUT2D eigenvalue weighted by Crippen LogP contribution is 2.41. The molecule has 0 spiro atoms. The Bertz CT molecular complexity index is 950. The molecule has 1 fully saturated rings. The van der Waals surface area contributed by atoms with Gasteiger partial charge in [-0.15, -0.1) is 0 Å². The number of hydrogen-bond acceptors (Lipinski definition) is 5. The molecule has 2 aromatic carbocycles. The molecule has 27 heavy (non-hydrogen) atoms. The Morgan fingerprint density at radius 2 is 2.07 bits per heavy atom. The second kappa shape index (κ2) is 7.62. The molecule has 1 aliphatic rings. The largest absolute Gasteiger partial charge is 0.485 e. The summed E-state index contributed by atoms with van der Waals surface area (Å²) in [5.41, 5.74) is 0.662. The van der Waals surface area contributed by atoms with E-state index in [0.29, 0.717) is 36.1 Å². The Balaban J connectivity index is 1.47. The summed E-state index contributed by atoms with van der Waals surface area (Å²) >= 11 is 5.75. The number of halogens is 3. The van der Waals surface area contributed by atoms with Crippen LogP contribution in [0.5, 0.6) is 5.75 Å². The molecule has 8 heteroatoms. The van der Waals surface area contributed by atoms with Crippen molar-refractivity contribution < 1.29 is 22.8 Å². The Morgan fingerprint density at radius 1 is 1.19 bits per heavy atom. The lowest BCUT2D eigenvalue weighted by Crippen LogP contribution is -2.07. The highest BCUT2D eigenvalue weighted by atomic mass is 35.5. The molecule has 140 valence electrons. The van der Waals surface area contributed by atoms with Crippen LogP contribution in [-0.2, 0) is 11.3 Å². The number of ether oxygens (including phenoxy) is 2. The minimum absolute atomic E-state index is 0.0424. The molecular weight excluding hydrogens is 378 g/mol. The molecule has 0 bridgehead atoms. The van der Waals surface area contributed by atoms with Crippen LogP contribution in [0.15, 0.2) is 47.0 Å². The molecule has 0 saturated carbocycles. The van der Waals surface area contributed by atoms with Crippen molar-refractivity contribution in [1.29, 1.82) is 0 Å². The zero-order valence-corrected chi connectivity index (χ0v) is 14.8. The summed E-state index contributed by atoms with van der Waals surface area (Å²) in [4.78, 5) is 4.35. The molecule has 0 radical (unpaired) electrons. The second-order valence-electron chi connectivity index (χ2n) is 6.15.